The fourth-order valence-electron chi connectivity index (χ4n) is 5.99. The Morgan fingerprint density at radius 3 is 2.33 bits per heavy atom. The molecule has 36 heavy (non-hydrogen) atoms. The number of carbonyl (C=O) groups excluding carboxylic acids is 2. The standard InChI is InChI=1S/C28H38N2O3S.C2H6/c1-3-19-9-13-22(14-10-19)27(31)30(23-15-11-20(18-29)12-16-23)24-17-25(21-7-5-4-6-8-21)34-26(24)28(32)33-2;1-2/h7,17,19-20,22-23H,3-6,8-16H2,1-2H3;1-2H3. The molecule has 1 aromatic rings. The summed E-state index contributed by atoms with van der Waals surface area (Å²) in [7, 11) is 1.42. The summed E-state index contributed by atoms with van der Waals surface area (Å²) in [5.41, 5.74) is 2.03. The van der Waals surface area contributed by atoms with Crippen molar-refractivity contribution in [2.24, 2.45) is 17.8 Å². The van der Waals surface area contributed by atoms with Gasteiger partial charge in [0.2, 0.25) is 5.91 Å². The smallest absolute Gasteiger partial charge is 0.350 e. The number of carbonyl (C=O) groups is 2. The van der Waals surface area contributed by atoms with E-state index in [0.29, 0.717) is 4.88 Å². The highest BCUT2D eigenvalue weighted by molar-refractivity contribution is 7.15. The normalized spacial score (nSPS) is 26.0. The summed E-state index contributed by atoms with van der Waals surface area (Å²) in [6, 6.07) is 4.53. The predicted molar refractivity (Wildman–Crippen MR) is 148 cm³/mol. The molecule has 3 aliphatic carbocycles. The number of hydrogen-bond acceptors (Lipinski definition) is 5. The first-order valence-electron chi connectivity index (χ1n) is 14.2. The van der Waals surface area contributed by atoms with E-state index in [4.69, 9.17) is 4.74 Å². The van der Waals surface area contributed by atoms with Crippen LogP contribution in [0, 0.1) is 29.1 Å². The first kappa shape index (κ1) is 28.4. The Balaban J connectivity index is 0.00000176. The fourth-order valence-corrected chi connectivity index (χ4v) is 7.13. The van der Waals surface area contributed by atoms with Crippen molar-refractivity contribution < 1.29 is 14.3 Å². The largest absolute Gasteiger partial charge is 0.465 e. The summed E-state index contributed by atoms with van der Waals surface area (Å²) in [4.78, 5) is 30.6. The number of nitriles is 1. The van der Waals surface area contributed by atoms with Crippen LogP contribution in [0.5, 0.6) is 0 Å². The number of thiophene rings is 1. The molecule has 198 valence electrons. The summed E-state index contributed by atoms with van der Waals surface area (Å²) in [6.45, 7) is 6.24. The Labute approximate surface area is 221 Å². The van der Waals surface area contributed by atoms with Crippen molar-refractivity contribution in [3.05, 3.63) is 21.9 Å². The second-order valence-electron chi connectivity index (χ2n) is 10.3. The van der Waals surface area contributed by atoms with Gasteiger partial charge in [0.15, 0.2) is 0 Å². The molecule has 0 aliphatic heterocycles. The maximum Gasteiger partial charge on any atom is 0.350 e. The topological polar surface area (TPSA) is 70.4 Å². The molecule has 3 aliphatic rings. The van der Waals surface area contributed by atoms with Gasteiger partial charge in [-0.05, 0) is 94.6 Å². The van der Waals surface area contributed by atoms with Crippen LogP contribution in [0.4, 0.5) is 5.69 Å². The highest BCUT2D eigenvalue weighted by Crippen LogP contribution is 2.42. The maximum absolute atomic E-state index is 14.1. The molecule has 2 saturated carbocycles. The number of rotatable bonds is 6. The Morgan fingerprint density at radius 1 is 1.08 bits per heavy atom. The first-order chi connectivity index (χ1) is 17.5. The molecule has 0 atom stereocenters. The average Bonchev–Trinajstić information content (AvgIpc) is 3.39. The molecule has 0 N–H and O–H groups in total. The molecule has 1 heterocycles. The van der Waals surface area contributed by atoms with Gasteiger partial charge in [0, 0.05) is 22.8 Å². The average molecular weight is 513 g/mol. The number of allylic oxidation sites excluding steroid dienone is 2. The lowest BCUT2D eigenvalue weighted by Crippen LogP contribution is -2.46. The van der Waals surface area contributed by atoms with Gasteiger partial charge in [0.1, 0.15) is 4.88 Å². The Hall–Kier alpha value is -2.13. The van der Waals surface area contributed by atoms with Gasteiger partial charge in [0.05, 0.1) is 18.9 Å². The van der Waals surface area contributed by atoms with Gasteiger partial charge in [-0.15, -0.1) is 11.3 Å². The van der Waals surface area contributed by atoms with Crippen LogP contribution in [0.3, 0.4) is 0 Å². The second kappa shape index (κ2) is 14.0. The number of anilines is 1. The van der Waals surface area contributed by atoms with E-state index in [1.807, 2.05) is 18.7 Å². The Bertz CT molecular complexity index is 944. The lowest BCUT2D eigenvalue weighted by molar-refractivity contribution is -0.124. The van der Waals surface area contributed by atoms with Gasteiger partial charge in [-0.25, -0.2) is 4.79 Å². The van der Waals surface area contributed by atoms with Gasteiger partial charge >= 0.3 is 5.97 Å². The molecule has 6 heteroatoms. The van der Waals surface area contributed by atoms with Crippen LogP contribution in [0.2, 0.25) is 0 Å². The van der Waals surface area contributed by atoms with Crippen molar-refractivity contribution in [2.45, 2.75) is 110 Å². The summed E-state index contributed by atoms with van der Waals surface area (Å²) >= 11 is 1.48. The molecule has 0 unspecified atom stereocenters. The number of ether oxygens (including phenoxy) is 1. The molecular weight excluding hydrogens is 468 g/mol. The van der Waals surface area contributed by atoms with Crippen LogP contribution < -0.4 is 4.90 Å². The second-order valence-corrected chi connectivity index (χ2v) is 11.3. The van der Waals surface area contributed by atoms with Crippen LogP contribution >= 0.6 is 11.3 Å². The van der Waals surface area contributed by atoms with Crippen molar-refractivity contribution in [3.8, 4) is 6.07 Å². The van der Waals surface area contributed by atoms with E-state index in [-0.39, 0.29) is 29.8 Å². The third-order valence-corrected chi connectivity index (χ3v) is 9.39. The van der Waals surface area contributed by atoms with Gasteiger partial charge in [-0.1, -0.05) is 33.3 Å². The van der Waals surface area contributed by atoms with Crippen LogP contribution in [-0.2, 0) is 9.53 Å². The fraction of sp³-hybridized carbons (Fsp3) is 0.700. The predicted octanol–water partition coefficient (Wildman–Crippen LogP) is 8.15. The van der Waals surface area contributed by atoms with Gasteiger partial charge in [-0.2, -0.15) is 5.26 Å². The molecular formula is C30H44N2O3S. The lowest BCUT2D eigenvalue weighted by Gasteiger charge is -2.39. The third kappa shape index (κ3) is 6.59. The van der Waals surface area contributed by atoms with E-state index < -0.39 is 0 Å². The van der Waals surface area contributed by atoms with Gasteiger partial charge < -0.3 is 9.64 Å². The highest BCUT2D eigenvalue weighted by Gasteiger charge is 2.38. The van der Waals surface area contributed by atoms with Crippen molar-refractivity contribution in [3.63, 3.8) is 0 Å². The Morgan fingerprint density at radius 2 is 1.78 bits per heavy atom. The molecule has 1 amide bonds. The van der Waals surface area contributed by atoms with Crippen LogP contribution in [0.15, 0.2) is 12.1 Å². The number of hydrogen-bond donors (Lipinski definition) is 0. The molecule has 0 spiro atoms. The number of nitrogens with zero attached hydrogens (tertiary/aromatic N) is 2. The summed E-state index contributed by atoms with van der Waals surface area (Å²) in [6.07, 6.45) is 15.2. The van der Waals surface area contributed by atoms with E-state index in [9.17, 15) is 14.9 Å². The minimum atomic E-state index is -0.360. The molecule has 0 aromatic carbocycles. The van der Waals surface area contributed by atoms with Crippen LogP contribution in [0.1, 0.15) is 119 Å². The summed E-state index contributed by atoms with van der Waals surface area (Å²) in [5, 5.41) is 9.39. The zero-order chi connectivity index (χ0) is 26.1. The monoisotopic (exact) mass is 512 g/mol. The SMILES string of the molecule is CC.CCC1CCC(C(=O)N(c2cc(C3=CCCCC3)sc2C(=O)OC)C2CCC(C#N)CC2)CC1. The minimum Gasteiger partial charge on any atom is -0.465 e. The van der Waals surface area contributed by atoms with E-state index in [2.05, 4.69) is 25.1 Å². The molecule has 4 rings (SSSR count). The lowest BCUT2D eigenvalue weighted by atomic mass is 9.79. The molecule has 0 saturated heterocycles. The Kier molecular flexibility index (Phi) is 11.0. The van der Waals surface area contributed by atoms with Crippen LogP contribution in [0.25, 0.3) is 5.57 Å². The van der Waals surface area contributed by atoms with Crippen molar-refractivity contribution in [1.29, 1.82) is 5.26 Å². The minimum absolute atomic E-state index is 0.0132. The number of amides is 1. The molecule has 0 bridgehead atoms. The van der Waals surface area contributed by atoms with Gasteiger partial charge in [0.25, 0.3) is 0 Å². The van der Waals surface area contributed by atoms with E-state index >= 15 is 0 Å². The molecule has 1 aromatic heterocycles. The first-order valence-corrected chi connectivity index (χ1v) is 15.0. The maximum atomic E-state index is 14.1. The third-order valence-electron chi connectivity index (χ3n) is 8.21. The quantitative estimate of drug-likeness (QED) is 0.361. The molecule has 2 fully saturated rings. The number of methoxy groups -OCH3 is 1. The van der Waals surface area contributed by atoms with Gasteiger partial charge in [-0.3, -0.25) is 4.79 Å². The molecule has 5 nitrogen and oxygen atoms in total. The zero-order valence-corrected chi connectivity index (χ0v) is 23.5. The van der Waals surface area contributed by atoms with E-state index in [1.54, 1.807) is 0 Å². The summed E-state index contributed by atoms with van der Waals surface area (Å²) in [5.74, 6) is 0.612. The van der Waals surface area contributed by atoms with E-state index in [0.717, 1.165) is 87.1 Å². The zero-order valence-electron chi connectivity index (χ0n) is 22.7. The number of esters is 1. The summed E-state index contributed by atoms with van der Waals surface area (Å²) < 4.78 is 5.17. The van der Waals surface area contributed by atoms with Crippen molar-refractivity contribution in [2.75, 3.05) is 12.0 Å². The highest BCUT2D eigenvalue weighted by atomic mass is 32.1. The van der Waals surface area contributed by atoms with E-state index in [1.165, 1.54) is 36.9 Å². The van der Waals surface area contributed by atoms with Crippen LogP contribution in [-0.4, -0.2) is 25.0 Å². The van der Waals surface area contributed by atoms with Crippen molar-refractivity contribution in [1.82, 2.24) is 0 Å². The molecule has 0 radical (unpaired) electrons. The van der Waals surface area contributed by atoms with Crippen molar-refractivity contribution >= 4 is 34.5 Å².